The van der Waals surface area contributed by atoms with Gasteiger partial charge in [0.1, 0.15) is 17.8 Å². The Morgan fingerprint density at radius 2 is 1.12 bits per heavy atom. The van der Waals surface area contributed by atoms with E-state index in [0.717, 1.165) is 11.1 Å². The number of ether oxygens (including phenoxy) is 3. The van der Waals surface area contributed by atoms with Gasteiger partial charge in [0, 0.05) is 39.3 Å². The molecule has 0 heterocycles. The van der Waals surface area contributed by atoms with Crippen molar-refractivity contribution in [3.05, 3.63) is 65.7 Å². The van der Waals surface area contributed by atoms with Crippen molar-refractivity contribution in [1.29, 1.82) is 0 Å². The maximum Gasteiger partial charge on any atom is 0.410 e. The van der Waals surface area contributed by atoms with E-state index in [2.05, 4.69) is 10.0 Å². The lowest BCUT2D eigenvalue weighted by molar-refractivity contribution is 0.0207. The van der Waals surface area contributed by atoms with E-state index in [1.165, 1.54) is 0 Å². The van der Waals surface area contributed by atoms with Crippen LogP contribution in [-0.2, 0) is 30.8 Å². The first kappa shape index (κ1) is 42.3. The Hall–Kier alpha value is -3.84. The standard InChI is InChI=1S/C37H58N4O8S/c1-30-19-21-32(22-20-30)50(45,46)39-24-12-14-26-41(35(44)49-37(5,6)7)28-16-15-27-40(34(43)48-36(2,3)4)25-13-11-23-38-33(42)47-29-31-17-9-8-10-18-31/h8-10,17-22,39H,11-16,23-29H2,1-7H3,(H,38,42). The Morgan fingerprint density at radius 1 is 0.660 bits per heavy atom. The van der Waals surface area contributed by atoms with Crippen LogP contribution in [0.3, 0.4) is 0 Å². The summed E-state index contributed by atoms with van der Waals surface area (Å²) in [6.07, 6.45) is 2.32. The normalized spacial score (nSPS) is 11.8. The summed E-state index contributed by atoms with van der Waals surface area (Å²) in [6.45, 7) is 15.3. The highest BCUT2D eigenvalue weighted by atomic mass is 32.2. The van der Waals surface area contributed by atoms with Crippen molar-refractivity contribution in [3.8, 4) is 0 Å². The first-order chi connectivity index (χ1) is 23.4. The van der Waals surface area contributed by atoms with Crippen molar-refractivity contribution in [2.24, 2.45) is 0 Å². The lowest BCUT2D eigenvalue weighted by Gasteiger charge is -2.29. The highest BCUT2D eigenvalue weighted by molar-refractivity contribution is 7.89. The Kier molecular flexibility index (Phi) is 17.6. The van der Waals surface area contributed by atoms with Gasteiger partial charge in [-0.25, -0.2) is 27.5 Å². The molecule has 0 spiro atoms. The molecule has 0 aromatic heterocycles. The van der Waals surface area contributed by atoms with Crippen LogP contribution in [0.25, 0.3) is 0 Å². The predicted octanol–water partition coefficient (Wildman–Crippen LogP) is 7.01. The number of benzene rings is 2. The number of carbonyl (C=O) groups excluding carboxylic acids is 3. The number of nitrogens with one attached hydrogen (secondary N) is 2. The van der Waals surface area contributed by atoms with Gasteiger partial charge in [0.2, 0.25) is 10.0 Å². The molecule has 0 radical (unpaired) electrons. The van der Waals surface area contributed by atoms with E-state index in [1.54, 1.807) is 34.1 Å². The number of amides is 3. The summed E-state index contributed by atoms with van der Waals surface area (Å²) < 4.78 is 44.3. The summed E-state index contributed by atoms with van der Waals surface area (Å²) in [5.41, 5.74) is 0.567. The fourth-order valence-electron chi connectivity index (χ4n) is 4.67. The molecule has 12 nitrogen and oxygen atoms in total. The molecule has 0 unspecified atom stereocenters. The van der Waals surface area contributed by atoms with Crippen LogP contribution in [0.1, 0.15) is 91.2 Å². The Morgan fingerprint density at radius 3 is 1.60 bits per heavy atom. The molecule has 0 saturated heterocycles. The van der Waals surface area contributed by atoms with Crippen molar-refractivity contribution >= 4 is 28.3 Å². The second kappa shape index (κ2) is 20.7. The summed E-state index contributed by atoms with van der Waals surface area (Å²) in [7, 11) is -3.61. The fraction of sp³-hybridized carbons (Fsp3) is 0.595. The minimum Gasteiger partial charge on any atom is -0.445 e. The number of sulfonamides is 1. The molecule has 0 atom stereocenters. The van der Waals surface area contributed by atoms with Gasteiger partial charge in [-0.05, 0) is 105 Å². The van der Waals surface area contributed by atoms with Crippen molar-refractivity contribution in [2.45, 2.75) is 110 Å². The SMILES string of the molecule is Cc1ccc(S(=O)(=O)NCCCCN(CCCCN(CCCCNC(=O)OCc2ccccc2)C(=O)OC(C)(C)C)C(=O)OC(C)(C)C)cc1. The molecule has 2 rings (SSSR count). The van der Waals surface area contributed by atoms with E-state index in [1.807, 2.05) is 78.8 Å². The van der Waals surface area contributed by atoms with Gasteiger partial charge in [-0.3, -0.25) is 0 Å². The van der Waals surface area contributed by atoms with E-state index in [-0.39, 0.29) is 18.0 Å². The Bertz CT molecular complexity index is 1420. The first-order valence-corrected chi connectivity index (χ1v) is 18.9. The average Bonchev–Trinajstić information content (AvgIpc) is 3.02. The smallest absolute Gasteiger partial charge is 0.410 e. The maximum atomic E-state index is 13.0. The third kappa shape index (κ3) is 18.2. The van der Waals surface area contributed by atoms with Crippen LogP contribution in [-0.4, -0.2) is 87.0 Å². The lowest BCUT2D eigenvalue weighted by Crippen LogP contribution is -2.40. The molecule has 2 aromatic rings. The van der Waals surface area contributed by atoms with Crippen molar-refractivity contribution in [1.82, 2.24) is 19.8 Å². The molecular formula is C37H58N4O8S. The average molecular weight is 719 g/mol. The molecule has 3 amide bonds. The molecule has 13 heteroatoms. The van der Waals surface area contributed by atoms with Gasteiger partial charge >= 0.3 is 18.3 Å². The van der Waals surface area contributed by atoms with Gasteiger partial charge in [0.05, 0.1) is 4.90 Å². The molecule has 0 saturated carbocycles. The summed E-state index contributed by atoms with van der Waals surface area (Å²) in [5.74, 6) is 0. The largest absolute Gasteiger partial charge is 0.445 e. The van der Waals surface area contributed by atoms with Crippen LogP contribution >= 0.6 is 0 Å². The van der Waals surface area contributed by atoms with Crippen molar-refractivity contribution in [3.63, 3.8) is 0 Å². The number of aryl methyl sites for hydroxylation is 1. The quantitative estimate of drug-likeness (QED) is 0.117. The van der Waals surface area contributed by atoms with E-state index >= 15 is 0 Å². The minimum absolute atomic E-state index is 0.195. The second-order valence-electron chi connectivity index (χ2n) is 14.3. The summed E-state index contributed by atoms with van der Waals surface area (Å²) >= 11 is 0. The van der Waals surface area contributed by atoms with Crippen molar-refractivity contribution < 1.29 is 37.0 Å². The predicted molar refractivity (Wildman–Crippen MR) is 194 cm³/mol. The monoisotopic (exact) mass is 718 g/mol. The van der Waals surface area contributed by atoms with Crippen LogP contribution in [0.15, 0.2) is 59.5 Å². The van der Waals surface area contributed by atoms with Gasteiger partial charge in [-0.1, -0.05) is 48.0 Å². The molecular weight excluding hydrogens is 660 g/mol. The zero-order valence-corrected chi connectivity index (χ0v) is 31.8. The second-order valence-corrected chi connectivity index (χ2v) is 16.0. The summed E-state index contributed by atoms with van der Waals surface area (Å²) in [4.78, 5) is 41.6. The number of unbranched alkanes of at least 4 members (excludes halogenated alkanes) is 3. The third-order valence-electron chi connectivity index (χ3n) is 7.22. The molecule has 0 aliphatic rings. The van der Waals surface area contributed by atoms with E-state index in [0.29, 0.717) is 71.2 Å². The van der Waals surface area contributed by atoms with Gasteiger partial charge in [-0.2, -0.15) is 0 Å². The molecule has 0 aliphatic heterocycles. The molecule has 280 valence electrons. The highest BCUT2D eigenvalue weighted by Gasteiger charge is 2.24. The van der Waals surface area contributed by atoms with Crippen LogP contribution in [0.4, 0.5) is 14.4 Å². The van der Waals surface area contributed by atoms with Crippen molar-refractivity contribution in [2.75, 3.05) is 39.3 Å². The fourth-order valence-corrected chi connectivity index (χ4v) is 5.75. The number of nitrogens with zero attached hydrogens (tertiary/aromatic N) is 2. The third-order valence-corrected chi connectivity index (χ3v) is 8.70. The number of rotatable bonds is 19. The highest BCUT2D eigenvalue weighted by Crippen LogP contribution is 2.15. The van der Waals surface area contributed by atoms with Gasteiger partial charge in [-0.15, -0.1) is 0 Å². The molecule has 2 aromatic carbocycles. The van der Waals surface area contributed by atoms with Crippen LogP contribution in [0, 0.1) is 6.92 Å². The van der Waals surface area contributed by atoms with Crippen LogP contribution < -0.4 is 10.0 Å². The van der Waals surface area contributed by atoms with E-state index < -0.39 is 39.5 Å². The van der Waals surface area contributed by atoms with Gasteiger partial charge in [0.15, 0.2) is 0 Å². The number of hydrogen-bond donors (Lipinski definition) is 2. The molecule has 0 bridgehead atoms. The van der Waals surface area contributed by atoms with E-state index in [4.69, 9.17) is 14.2 Å². The number of hydrogen-bond acceptors (Lipinski definition) is 8. The van der Waals surface area contributed by atoms with Gasteiger partial charge in [0.25, 0.3) is 0 Å². The molecule has 0 fully saturated rings. The minimum atomic E-state index is -3.61. The number of carbonyl (C=O) groups is 3. The summed E-state index contributed by atoms with van der Waals surface area (Å²) in [6, 6.07) is 16.1. The molecule has 0 aliphatic carbocycles. The van der Waals surface area contributed by atoms with Crippen LogP contribution in [0.2, 0.25) is 0 Å². The zero-order valence-electron chi connectivity index (χ0n) is 31.0. The molecule has 2 N–H and O–H groups in total. The van der Waals surface area contributed by atoms with Gasteiger partial charge < -0.3 is 29.3 Å². The topological polar surface area (TPSA) is 144 Å². The molecule has 50 heavy (non-hydrogen) atoms. The lowest BCUT2D eigenvalue weighted by atomic mass is 10.2. The zero-order chi connectivity index (χ0) is 37.2. The Balaban J connectivity index is 1.83. The first-order valence-electron chi connectivity index (χ1n) is 17.4. The maximum absolute atomic E-state index is 13.0. The van der Waals surface area contributed by atoms with Crippen LogP contribution in [0.5, 0.6) is 0 Å². The number of alkyl carbamates (subject to hydrolysis) is 1. The van der Waals surface area contributed by atoms with E-state index in [9.17, 15) is 22.8 Å². The Labute approximate surface area is 299 Å². The summed E-state index contributed by atoms with van der Waals surface area (Å²) in [5, 5.41) is 2.75.